The third-order valence-electron chi connectivity index (χ3n) is 3.28. The van der Waals surface area contributed by atoms with Crippen molar-refractivity contribution in [2.45, 2.75) is 19.4 Å². The zero-order valence-corrected chi connectivity index (χ0v) is 12.5. The van der Waals surface area contributed by atoms with Gasteiger partial charge in [-0.25, -0.2) is 8.78 Å². The summed E-state index contributed by atoms with van der Waals surface area (Å²) in [6, 6.07) is 9.16. The first-order chi connectivity index (χ1) is 9.51. The fourth-order valence-corrected chi connectivity index (χ4v) is 2.48. The van der Waals surface area contributed by atoms with Gasteiger partial charge in [0.15, 0.2) is 0 Å². The minimum Gasteiger partial charge on any atom is -0.271 e. The molecule has 2 nitrogen and oxygen atoms in total. The predicted molar refractivity (Wildman–Crippen MR) is 79.0 cm³/mol. The highest BCUT2D eigenvalue weighted by Gasteiger charge is 2.14. The van der Waals surface area contributed by atoms with Crippen LogP contribution in [-0.4, -0.2) is 0 Å². The largest absolute Gasteiger partial charge is 0.271 e. The SMILES string of the molecule is Cc1ccc(F)cc1CC(NN)c1ccc(F)c(Br)c1. The molecule has 0 aliphatic heterocycles. The molecule has 0 saturated heterocycles. The molecule has 1 unspecified atom stereocenters. The zero-order chi connectivity index (χ0) is 14.7. The average Bonchev–Trinajstić information content (AvgIpc) is 2.43. The molecule has 0 amide bonds. The molecule has 3 N–H and O–H groups in total. The van der Waals surface area contributed by atoms with Gasteiger partial charge in [0.05, 0.1) is 10.5 Å². The Kier molecular flexibility index (Phi) is 4.86. The van der Waals surface area contributed by atoms with E-state index in [9.17, 15) is 8.78 Å². The molecule has 0 saturated carbocycles. The molecule has 106 valence electrons. The molecule has 0 fully saturated rings. The van der Waals surface area contributed by atoms with Crippen LogP contribution in [0.2, 0.25) is 0 Å². The van der Waals surface area contributed by atoms with Gasteiger partial charge >= 0.3 is 0 Å². The van der Waals surface area contributed by atoms with Crippen LogP contribution in [-0.2, 0) is 6.42 Å². The second-order valence-corrected chi connectivity index (χ2v) is 5.52. The maximum absolute atomic E-state index is 13.3. The lowest BCUT2D eigenvalue weighted by molar-refractivity contribution is 0.544. The number of halogens is 3. The molecule has 0 bridgehead atoms. The van der Waals surface area contributed by atoms with Crippen molar-refractivity contribution in [3.05, 3.63) is 69.2 Å². The molecule has 0 spiro atoms. The van der Waals surface area contributed by atoms with Crippen LogP contribution in [0.15, 0.2) is 40.9 Å². The van der Waals surface area contributed by atoms with Crippen molar-refractivity contribution in [3.63, 3.8) is 0 Å². The number of nitrogens with one attached hydrogen (secondary N) is 1. The van der Waals surface area contributed by atoms with Crippen LogP contribution in [0, 0.1) is 18.6 Å². The molecule has 0 aliphatic rings. The first-order valence-corrected chi connectivity index (χ1v) is 6.96. The molecule has 2 aromatic rings. The number of nitrogens with two attached hydrogens (primary N) is 1. The summed E-state index contributed by atoms with van der Waals surface area (Å²) in [6.45, 7) is 1.92. The highest BCUT2D eigenvalue weighted by atomic mass is 79.9. The van der Waals surface area contributed by atoms with Crippen molar-refractivity contribution in [1.82, 2.24) is 5.43 Å². The van der Waals surface area contributed by atoms with Gasteiger partial charge in [-0.3, -0.25) is 11.3 Å². The highest BCUT2D eigenvalue weighted by Crippen LogP contribution is 2.24. The lowest BCUT2D eigenvalue weighted by Crippen LogP contribution is -2.29. The Morgan fingerprint density at radius 1 is 1.20 bits per heavy atom. The number of hydrazine groups is 1. The van der Waals surface area contributed by atoms with Crippen LogP contribution in [0.25, 0.3) is 0 Å². The van der Waals surface area contributed by atoms with Crippen molar-refractivity contribution in [2.75, 3.05) is 0 Å². The Balaban J connectivity index is 2.28. The third-order valence-corrected chi connectivity index (χ3v) is 3.89. The number of benzene rings is 2. The number of hydrogen-bond acceptors (Lipinski definition) is 2. The molecular formula is C15H15BrF2N2. The van der Waals surface area contributed by atoms with E-state index in [1.807, 2.05) is 6.92 Å². The molecule has 2 rings (SSSR count). The molecule has 1 atom stereocenters. The second-order valence-electron chi connectivity index (χ2n) is 4.67. The lowest BCUT2D eigenvalue weighted by Gasteiger charge is -2.18. The molecule has 2 aromatic carbocycles. The van der Waals surface area contributed by atoms with Crippen molar-refractivity contribution in [3.8, 4) is 0 Å². The first-order valence-electron chi connectivity index (χ1n) is 6.17. The van der Waals surface area contributed by atoms with E-state index in [1.54, 1.807) is 18.2 Å². The van der Waals surface area contributed by atoms with Crippen LogP contribution >= 0.6 is 15.9 Å². The van der Waals surface area contributed by atoms with Gasteiger partial charge < -0.3 is 0 Å². The average molecular weight is 341 g/mol. The minimum atomic E-state index is -0.327. The van der Waals surface area contributed by atoms with Gasteiger partial charge in [-0.05, 0) is 70.2 Å². The van der Waals surface area contributed by atoms with Gasteiger partial charge in [0, 0.05) is 0 Å². The standard InChI is InChI=1S/C15H15BrF2N2/c1-9-2-4-12(17)6-11(9)8-15(20-19)10-3-5-14(18)13(16)7-10/h2-7,15,20H,8,19H2,1H3. The summed E-state index contributed by atoms with van der Waals surface area (Å²) in [5.74, 6) is 4.97. The minimum absolute atomic E-state index is 0.215. The van der Waals surface area contributed by atoms with E-state index in [1.165, 1.54) is 18.2 Å². The Morgan fingerprint density at radius 3 is 2.60 bits per heavy atom. The van der Waals surface area contributed by atoms with Gasteiger partial charge in [-0.15, -0.1) is 0 Å². The summed E-state index contributed by atoms with van der Waals surface area (Å²) in [5.41, 5.74) is 5.39. The molecule has 0 radical (unpaired) electrons. The summed E-state index contributed by atoms with van der Waals surface area (Å²) in [4.78, 5) is 0. The van der Waals surface area contributed by atoms with Gasteiger partial charge in [-0.2, -0.15) is 0 Å². The summed E-state index contributed by atoms with van der Waals surface area (Å²) in [6.07, 6.45) is 0.526. The second kappa shape index (κ2) is 6.43. The third kappa shape index (κ3) is 3.42. The van der Waals surface area contributed by atoms with Gasteiger partial charge in [0.25, 0.3) is 0 Å². The van der Waals surface area contributed by atoms with Gasteiger partial charge in [-0.1, -0.05) is 12.1 Å². The van der Waals surface area contributed by atoms with Crippen LogP contribution < -0.4 is 11.3 Å². The Bertz CT molecular complexity index is 617. The van der Waals surface area contributed by atoms with Crippen molar-refractivity contribution in [2.24, 2.45) is 5.84 Å². The van der Waals surface area contributed by atoms with E-state index in [0.29, 0.717) is 10.9 Å². The highest BCUT2D eigenvalue weighted by molar-refractivity contribution is 9.10. The summed E-state index contributed by atoms with van der Waals surface area (Å²) in [5, 5.41) is 0. The van der Waals surface area contributed by atoms with Crippen LogP contribution in [0.4, 0.5) is 8.78 Å². The maximum Gasteiger partial charge on any atom is 0.137 e. The quantitative estimate of drug-likeness (QED) is 0.656. The number of aryl methyl sites for hydroxylation is 1. The first kappa shape index (κ1) is 15.1. The lowest BCUT2D eigenvalue weighted by atomic mass is 9.96. The summed E-state index contributed by atoms with van der Waals surface area (Å²) < 4.78 is 27.0. The topological polar surface area (TPSA) is 38.0 Å². The fraction of sp³-hybridized carbons (Fsp3) is 0.200. The van der Waals surface area contributed by atoms with E-state index in [0.717, 1.165) is 16.7 Å². The van der Waals surface area contributed by atoms with Crippen molar-refractivity contribution in [1.29, 1.82) is 0 Å². The molecule has 0 aromatic heterocycles. The Labute approximate surface area is 125 Å². The predicted octanol–water partition coefficient (Wildman–Crippen LogP) is 3.78. The van der Waals surface area contributed by atoms with E-state index in [-0.39, 0.29) is 17.7 Å². The Morgan fingerprint density at radius 2 is 1.95 bits per heavy atom. The monoisotopic (exact) mass is 340 g/mol. The van der Waals surface area contributed by atoms with Crippen LogP contribution in [0.1, 0.15) is 22.7 Å². The van der Waals surface area contributed by atoms with E-state index >= 15 is 0 Å². The summed E-state index contributed by atoms with van der Waals surface area (Å²) >= 11 is 3.15. The van der Waals surface area contributed by atoms with Gasteiger partial charge in [0.1, 0.15) is 11.6 Å². The number of hydrogen-bond donors (Lipinski definition) is 2. The van der Waals surface area contributed by atoms with E-state index < -0.39 is 0 Å². The zero-order valence-electron chi connectivity index (χ0n) is 11.0. The molecule has 0 heterocycles. The van der Waals surface area contributed by atoms with Gasteiger partial charge in [0.2, 0.25) is 0 Å². The normalized spacial score (nSPS) is 12.4. The van der Waals surface area contributed by atoms with E-state index in [2.05, 4.69) is 21.4 Å². The molecule has 5 heteroatoms. The van der Waals surface area contributed by atoms with Crippen LogP contribution in [0.3, 0.4) is 0 Å². The molecule has 0 aliphatic carbocycles. The van der Waals surface area contributed by atoms with E-state index in [4.69, 9.17) is 5.84 Å². The number of rotatable bonds is 4. The van der Waals surface area contributed by atoms with Crippen molar-refractivity contribution >= 4 is 15.9 Å². The van der Waals surface area contributed by atoms with Crippen molar-refractivity contribution < 1.29 is 8.78 Å². The Hall–Kier alpha value is -1.30. The molecule has 20 heavy (non-hydrogen) atoms. The summed E-state index contributed by atoms with van der Waals surface area (Å²) in [7, 11) is 0. The molecular weight excluding hydrogens is 326 g/mol. The smallest absolute Gasteiger partial charge is 0.137 e. The fourth-order valence-electron chi connectivity index (χ4n) is 2.08. The van der Waals surface area contributed by atoms with Crippen LogP contribution in [0.5, 0.6) is 0 Å². The maximum atomic E-state index is 13.3.